The third-order valence-electron chi connectivity index (χ3n) is 5.36. The van der Waals surface area contributed by atoms with Gasteiger partial charge in [0.25, 0.3) is 0 Å². The van der Waals surface area contributed by atoms with Crippen molar-refractivity contribution in [1.82, 2.24) is 4.90 Å². The molecule has 160 valence electrons. The summed E-state index contributed by atoms with van der Waals surface area (Å²) in [7, 11) is 1.98. The maximum atomic E-state index is 11.3. The number of hydrogen-bond donors (Lipinski definition) is 2. The highest BCUT2D eigenvalue weighted by molar-refractivity contribution is 5.69. The average Bonchev–Trinajstić information content (AvgIpc) is 2.91. The smallest absolute Gasteiger partial charge is 0.305 e. The van der Waals surface area contributed by atoms with Crippen molar-refractivity contribution in [2.75, 3.05) is 26.8 Å². The van der Waals surface area contributed by atoms with E-state index in [4.69, 9.17) is 9.47 Å². The second-order valence-corrected chi connectivity index (χ2v) is 7.71. The molecule has 0 spiro atoms. The minimum atomic E-state index is -0.605. The third kappa shape index (κ3) is 9.37. The predicted molar refractivity (Wildman–Crippen MR) is 107 cm³/mol. The zero-order valence-electron chi connectivity index (χ0n) is 17.6. The van der Waals surface area contributed by atoms with Gasteiger partial charge in [-0.15, -0.1) is 0 Å². The van der Waals surface area contributed by atoms with Crippen LogP contribution in [0.3, 0.4) is 0 Å². The number of aliphatic hydroxyl groups is 2. The molecule has 6 heteroatoms. The molecule has 0 aromatic heterocycles. The number of hydrogen-bond acceptors (Lipinski definition) is 6. The Hall–Kier alpha value is -0.690. The van der Waals surface area contributed by atoms with E-state index in [9.17, 15) is 15.0 Å². The van der Waals surface area contributed by atoms with Crippen molar-refractivity contribution in [1.29, 1.82) is 0 Å². The van der Waals surface area contributed by atoms with Crippen LogP contribution in [0.2, 0.25) is 0 Å². The Labute approximate surface area is 165 Å². The Morgan fingerprint density at radius 2 is 1.70 bits per heavy atom. The molecular formula is C21H41NO5. The van der Waals surface area contributed by atoms with Crippen LogP contribution in [-0.4, -0.2) is 72.2 Å². The zero-order valence-corrected chi connectivity index (χ0v) is 17.6. The monoisotopic (exact) mass is 387 g/mol. The van der Waals surface area contributed by atoms with Crippen molar-refractivity contribution in [3.05, 3.63) is 0 Å². The quantitative estimate of drug-likeness (QED) is 0.332. The molecule has 1 aliphatic carbocycles. The topological polar surface area (TPSA) is 79.2 Å². The first kappa shape index (κ1) is 24.3. The van der Waals surface area contributed by atoms with E-state index in [0.29, 0.717) is 26.1 Å². The van der Waals surface area contributed by atoms with Crippen molar-refractivity contribution < 1.29 is 24.5 Å². The van der Waals surface area contributed by atoms with E-state index >= 15 is 0 Å². The molecule has 1 saturated carbocycles. The molecule has 1 fully saturated rings. The van der Waals surface area contributed by atoms with Crippen molar-refractivity contribution in [2.45, 2.75) is 102 Å². The molecule has 27 heavy (non-hydrogen) atoms. The van der Waals surface area contributed by atoms with Gasteiger partial charge in [0, 0.05) is 19.4 Å². The van der Waals surface area contributed by atoms with Crippen LogP contribution in [0, 0.1) is 0 Å². The molecule has 0 saturated heterocycles. The Kier molecular flexibility index (Phi) is 12.9. The average molecular weight is 388 g/mol. The molecule has 0 unspecified atom stereocenters. The minimum Gasteiger partial charge on any atom is -0.466 e. The number of rotatable bonds is 15. The number of unbranched alkanes of at least 4 members (excludes halogenated alkanes) is 6. The van der Waals surface area contributed by atoms with Gasteiger partial charge in [0.05, 0.1) is 24.9 Å². The first-order valence-corrected chi connectivity index (χ1v) is 10.8. The fourth-order valence-corrected chi connectivity index (χ4v) is 3.84. The molecule has 0 aromatic rings. The highest BCUT2D eigenvalue weighted by Crippen LogP contribution is 2.28. The summed E-state index contributed by atoms with van der Waals surface area (Å²) in [6.45, 7) is 5.90. The fourth-order valence-electron chi connectivity index (χ4n) is 3.84. The van der Waals surface area contributed by atoms with Gasteiger partial charge in [0.15, 0.2) is 0 Å². The van der Waals surface area contributed by atoms with Gasteiger partial charge in [-0.2, -0.15) is 0 Å². The van der Waals surface area contributed by atoms with Gasteiger partial charge in [-0.25, -0.2) is 0 Å². The number of carbonyl (C=O) groups is 1. The van der Waals surface area contributed by atoms with Crippen LogP contribution in [-0.2, 0) is 14.3 Å². The maximum absolute atomic E-state index is 11.3. The lowest BCUT2D eigenvalue weighted by Gasteiger charge is -2.32. The van der Waals surface area contributed by atoms with E-state index < -0.39 is 12.2 Å². The van der Waals surface area contributed by atoms with E-state index in [0.717, 1.165) is 38.6 Å². The predicted octanol–water partition coefficient (Wildman–Crippen LogP) is 2.89. The molecule has 1 rings (SSSR count). The van der Waals surface area contributed by atoms with Crippen LogP contribution < -0.4 is 0 Å². The molecule has 0 aromatic carbocycles. The van der Waals surface area contributed by atoms with Crippen LogP contribution in [0.5, 0.6) is 0 Å². The Morgan fingerprint density at radius 1 is 1.00 bits per heavy atom. The number of likely N-dealkylation sites (N-methyl/N-ethyl adjacent to an activating group) is 1. The van der Waals surface area contributed by atoms with Crippen molar-refractivity contribution in [3.63, 3.8) is 0 Å². The SMILES string of the molecule is CCCCCCCO[C@@H]1[C@@H](N(C)CCCCCC(=O)OCC)[C@H](O)C[C@@H]1O. The second-order valence-electron chi connectivity index (χ2n) is 7.71. The standard InChI is InChI=1S/C21H41NO5/c1-4-6-7-8-12-15-27-21-18(24)16-17(23)20(21)22(3)14-11-9-10-13-19(25)26-5-2/h17-18,20-21,23-24H,4-16H2,1-3H3/t17-,18+,20+,21+/m1/s1. The van der Waals surface area contributed by atoms with Crippen LogP contribution in [0.25, 0.3) is 0 Å². The summed E-state index contributed by atoms with van der Waals surface area (Å²) in [6, 6.07) is -0.166. The molecule has 0 heterocycles. The Balaban J connectivity index is 2.29. The second kappa shape index (κ2) is 14.3. The minimum absolute atomic E-state index is 0.132. The zero-order chi connectivity index (χ0) is 20.1. The first-order chi connectivity index (χ1) is 13.0. The lowest BCUT2D eigenvalue weighted by molar-refractivity contribution is -0.143. The lowest BCUT2D eigenvalue weighted by atomic mass is 10.1. The van der Waals surface area contributed by atoms with Gasteiger partial charge in [-0.3, -0.25) is 9.69 Å². The number of aliphatic hydroxyl groups excluding tert-OH is 2. The third-order valence-corrected chi connectivity index (χ3v) is 5.36. The van der Waals surface area contributed by atoms with Crippen molar-refractivity contribution >= 4 is 5.97 Å². The molecule has 0 aliphatic heterocycles. The summed E-state index contributed by atoms with van der Waals surface area (Å²) in [5, 5.41) is 20.6. The summed E-state index contributed by atoms with van der Waals surface area (Å²) in [5.74, 6) is -0.132. The molecule has 6 nitrogen and oxygen atoms in total. The fraction of sp³-hybridized carbons (Fsp3) is 0.952. The van der Waals surface area contributed by atoms with E-state index in [1.54, 1.807) is 0 Å². The summed E-state index contributed by atoms with van der Waals surface area (Å²) >= 11 is 0. The number of esters is 1. The van der Waals surface area contributed by atoms with Gasteiger partial charge < -0.3 is 19.7 Å². The normalized spacial score (nSPS) is 25.3. The molecular weight excluding hydrogens is 346 g/mol. The van der Waals surface area contributed by atoms with Crippen molar-refractivity contribution in [2.24, 2.45) is 0 Å². The number of carbonyl (C=O) groups excluding carboxylic acids is 1. The molecule has 2 N–H and O–H groups in total. The molecule has 0 radical (unpaired) electrons. The van der Waals surface area contributed by atoms with E-state index in [1.807, 2.05) is 14.0 Å². The van der Waals surface area contributed by atoms with Gasteiger partial charge in [-0.1, -0.05) is 39.0 Å². The number of nitrogens with zero attached hydrogens (tertiary/aromatic N) is 1. The van der Waals surface area contributed by atoms with Gasteiger partial charge in [0.1, 0.15) is 6.10 Å². The molecule has 0 amide bonds. The van der Waals surface area contributed by atoms with Crippen LogP contribution in [0.4, 0.5) is 0 Å². The van der Waals surface area contributed by atoms with Gasteiger partial charge in [-0.05, 0) is 39.8 Å². The first-order valence-electron chi connectivity index (χ1n) is 10.8. The van der Waals surface area contributed by atoms with E-state index in [2.05, 4.69) is 11.8 Å². The largest absolute Gasteiger partial charge is 0.466 e. The summed E-state index contributed by atoms with van der Waals surface area (Å²) in [6.07, 6.45) is 7.92. The van der Waals surface area contributed by atoms with E-state index in [-0.39, 0.29) is 18.1 Å². The summed E-state index contributed by atoms with van der Waals surface area (Å²) < 4.78 is 10.9. The highest BCUT2D eigenvalue weighted by atomic mass is 16.5. The van der Waals surface area contributed by atoms with Crippen LogP contribution in [0.15, 0.2) is 0 Å². The molecule has 0 bridgehead atoms. The van der Waals surface area contributed by atoms with Gasteiger partial charge >= 0.3 is 5.97 Å². The van der Waals surface area contributed by atoms with E-state index in [1.165, 1.54) is 19.3 Å². The van der Waals surface area contributed by atoms with Crippen molar-refractivity contribution in [3.8, 4) is 0 Å². The molecule has 4 atom stereocenters. The lowest BCUT2D eigenvalue weighted by Crippen LogP contribution is -2.47. The van der Waals surface area contributed by atoms with Crippen LogP contribution in [0.1, 0.15) is 78.1 Å². The van der Waals surface area contributed by atoms with Gasteiger partial charge in [0.2, 0.25) is 0 Å². The summed E-state index contributed by atoms with van der Waals surface area (Å²) in [4.78, 5) is 13.4. The highest BCUT2D eigenvalue weighted by Gasteiger charge is 2.44. The maximum Gasteiger partial charge on any atom is 0.305 e. The summed E-state index contributed by atoms with van der Waals surface area (Å²) in [5.41, 5.74) is 0. The Bertz CT molecular complexity index is 393. The van der Waals surface area contributed by atoms with Crippen LogP contribution >= 0.6 is 0 Å². The molecule has 1 aliphatic rings. The Morgan fingerprint density at radius 3 is 2.41 bits per heavy atom. The number of ether oxygens (including phenoxy) is 2.